The minimum absolute atomic E-state index is 0. The van der Waals surface area contributed by atoms with Gasteiger partial charge in [-0.3, -0.25) is 24.5 Å². The number of nitrogens with one attached hydrogen (secondary N) is 2. The van der Waals surface area contributed by atoms with Crippen LogP contribution in [0.4, 0.5) is 9.59 Å². The average molecular weight is 1090 g/mol. The van der Waals surface area contributed by atoms with Gasteiger partial charge in [-0.1, -0.05) is 63.4 Å². The Kier molecular flexibility index (Phi) is 20.7. The lowest BCUT2D eigenvalue weighted by Gasteiger charge is -2.26. The first-order valence-corrected chi connectivity index (χ1v) is 24.7. The van der Waals surface area contributed by atoms with E-state index in [4.69, 9.17) is 9.47 Å². The van der Waals surface area contributed by atoms with Crippen molar-refractivity contribution >= 4 is 92.8 Å². The molecule has 5 heterocycles. The van der Waals surface area contributed by atoms with Gasteiger partial charge in [0.15, 0.2) is 0 Å². The highest BCUT2D eigenvalue weighted by Gasteiger charge is 2.37. The summed E-state index contributed by atoms with van der Waals surface area (Å²) in [7, 11) is -7.78. The SMILES string of the molecule is C.C.CC(C)(C)OC(=O)NC(CO)Cc1cc2cnn(S(=O)(=O)c3ccccc3)c2cn1.CC(C)(C)OC(=O)NC(Cc1cc2cnn(S(=O)(=O)c3ccccc3)c2cn1)CN1C(=O)c2ccccc2C1=O.S.S. The molecule has 0 bridgehead atoms. The molecular weight excluding hydrogens is 1030 g/mol. The molecule has 1 aliphatic heterocycles. The predicted molar refractivity (Wildman–Crippen MR) is 290 cm³/mol. The van der Waals surface area contributed by atoms with Crippen molar-refractivity contribution in [1.29, 1.82) is 0 Å². The van der Waals surface area contributed by atoms with Gasteiger partial charge in [0.2, 0.25) is 0 Å². The van der Waals surface area contributed by atoms with E-state index in [-0.39, 0.29) is 83.1 Å². The van der Waals surface area contributed by atoms with Gasteiger partial charge in [0.25, 0.3) is 31.9 Å². The van der Waals surface area contributed by atoms with Gasteiger partial charge in [0, 0.05) is 35.0 Å². The maximum absolute atomic E-state index is 13.1. The van der Waals surface area contributed by atoms with Crippen LogP contribution in [0.15, 0.2) is 132 Å². The summed E-state index contributed by atoms with van der Waals surface area (Å²) in [5.74, 6) is -0.903. The Bertz CT molecular complexity index is 3270. The number of carbonyl (C=O) groups excluding carboxylic acids is 4. The van der Waals surface area contributed by atoms with Crippen LogP contribution in [0, 0.1) is 0 Å². The Morgan fingerprint density at radius 3 is 1.34 bits per heavy atom. The van der Waals surface area contributed by atoms with E-state index >= 15 is 0 Å². The van der Waals surface area contributed by atoms with Crippen molar-refractivity contribution in [3.05, 3.63) is 144 Å². The van der Waals surface area contributed by atoms with E-state index in [9.17, 15) is 41.1 Å². The third-order valence-corrected chi connectivity index (χ3v) is 13.6. The van der Waals surface area contributed by atoms with Crippen molar-refractivity contribution in [3.63, 3.8) is 0 Å². The van der Waals surface area contributed by atoms with Gasteiger partial charge in [-0.15, -0.1) is 0 Å². The zero-order valence-electron chi connectivity index (χ0n) is 40.0. The molecule has 0 radical (unpaired) electrons. The molecule has 7 aromatic rings. The number of carbonyl (C=O) groups is 4. The first-order chi connectivity index (χ1) is 33.0. The minimum atomic E-state index is -3.94. The van der Waals surface area contributed by atoms with Crippen molar-refractivity contribution in [2.75, 3.05) is 13.2 Å². The second-order valence-corrected chi connectivity index (χ2v) is 21.7. The molecule has 2 unspecified atom stereocenters. The summed E-state index contributed by atoms with van der Waals surface area (Å²) in [6.07, 6.45) is 4.69. The average Bonchev–Trinajstić information content (AvgIpc) is 4.00. The Labute approximate surface area is 444 Å². The number of rotatable bonds is 13. The quantitative estimate of drug-likeness (QED) is 0.0982. The molecule has 0 saturated heterocycles. The fourth-order valence-corrected chi connectivity index (χ4v) is 9.86. The lowest BCUT2D eigenvalue weighted by molar-refractivity contribution is 0.0466. The number of ether oxygens (including phenoxy) is 2. The summed E-state index contributed by atoms with van der Waals surface area (Å²) in [6.45, 7) is 9.99. The summed E-state index contributed by atoms with van der Waals surface area (Å²) in [5, 5.41) is 24.1. The number of benzene rings is 3. The van der Waals surface area contributed by atoms with Crippen molar-refractivity contribution in [2.45, 2.75) is 102 Å². The summed E-state index contributed by atoms with van der Waals surface area (Å²) in [4.78, 5) is 60.6. The molecule has 1 aliphatic rings. The number of aliphatic hydroxyl groups excluding tert-OH is 1. The van der Waals surface area contributed by atoms with Crippen molar-refractivity contribution < 1.29 is 50.6 Å². The molecule has 4 aromatic heterocycles. The number of pyridine rings is 2. The van der Waals surface area contributed by atoms with E-state index in [0.717, 1.165) is 13.1 Å². The van der Waals surface area contributed by atoms with Crippen molar-refractivity contribution in [2.24, 2.45) is 0 Å². The number of aromatic nitrogens is 6. The van der Waals surface area contributed by atoms with Crippen LogP contribution in [0.3, 0.4) is 0 Å². The Balaban J connectivity index is 0.000000384. The van der Waals surface area contributed by atoms with E-state index in [1.165, 1.54) is 49.1 Å². The highest BCUT2D eigenvalue weighted by Crippen LogP contribution is 2.25. The second kappa shape index (κ2) is 24.9. The fourth-order valence-electron chi connectivity index (χ4n) is 7.29. The second-order valence-electron chi connectivity index (χ2n) is 18.1. The number of imide groups is 1. The predicted octanol–water partition coefficient (Wildman–Crippen LogP) is 6.99. The van der Waals surface area contributed by atoms with Crippen LogP contribution in [0.1, 0.15) is 88.5 Å². The van der Waals surface area contributed by atoms with Crippen LogP contribution in [0.2, 0.25) is 0 Å². The Morgan fingerprint density at radius 2 is 0.959 bits per heavy atom. The van der Waals surface area contributed by atoms with Gasteiger partial charge in [-0.25, -0.2) is 9.59 Å². The first-order valence-electron chi connectivity index (χ1n) is 21.9. The smallest absolute Gasteiger partial charge is 0.407 e. The molecule has 3 aromatic carbocycles. The number of fused-ring (bicyclic) bond motifs is 3. The monoisotopic (exact) mass is 1090 g/mol. The lowest BCUT2D eigenvalue weighted by atomic mass is 10.1. The van der Waals surface area contributed by atoms with Crippen molar-refractivity contribution in [1.82, 2.24) is 43.9 Å². The molecule has 0 saturated carbocycles. The van der Waals surface area contributed by atoms with Crippen LogP contribution in [0.25, 0.3) is 21.8 Å². The van der Waals surface area contributed by atoms with Crippen LogP contribution < -0.4 is 10.6 Å². The number of hydrogen-bond donors (Lipinski definition) is 3. The van der Waals surface area contributed by atoms with Gasteiger partial charge in [-0.2, -0.15) is 62.2 Å². The van der Waals surface area contributed by atoms with E-state index < -0.39 is 67.3 Å². The molecule has 3 N–H and O–H groups in total. The molecule has 0 fully saturated rings. The van der Waals surface area contributed by atoms with Crippen LogP contribution in [-0.4, -0.2) is 116 Å². The molecule has 24 heteroatoms. The number of alkyl carbamates (subject to hydrolysis) is 2. The molecular formula is C50H63N9O11S4. The molecule has 4 amide bonds. The van der Waals surface area contributed by atoms with Crippen molar-refractivity contribution in [3.8, 4) is 0 Å². The van der Waals surface area contributed by atoms with E-state index in [0.29, 0.717) is 38.8 Å². The number of amides is 4. The molecule has 2 atom stereocenters. The molecule has 8 rings (SSSR count). The highest BCUT2D eigenvalue weighted by atomic mass is 32.2. The van der Waals surface area contributed by atoms with Gasteiger partial charge in [0.1, 0.15) is 22.2 Å². The third kappa shape index (κ3) is 14.5. The maximum Gasteiger partial charge on any atom is 0.407 e. The van der Waals surface area contributed by atoms with Gasteiger partial charge in [-0.05, 0) is 90.1 Å². The molecule has 0 spiro atoms. The topological polar surface area (TPSA) is 264 Å². The maximum atomic E-state index is 13.1. The minimum Gasteiger partial charge on any atom is -0.444 e. The van der Waals surface area contributed by atoms with Crippen LogP contribution >= 0.6 is 27.0 Å². The summed E-state index contributed by atoms with van der Waals surface area (Å²) in [5.41, 5.74) is 0.856. The third-order valence-electron chi connectivity index (χ3n) is 10.3. The van der Waals surface area contributed by atoms with Gasteiger partial charge in [0.05, 0.1) is 70.9 Å². The summed E-state index contributed by atoms with van der Waals surface area (Å²) < 4.78 is 64.3. The Hall–Kier alpha value is -6.86. The van der Waals surface area contributed by atoms with E-state index in [2.05, 4.69) is 30.8 Å². The van der Waals surface area contributed by atoms with Crippen LogP contribution in [0.5, 0.6) is 0 Å². The van der Waals surface area contributed by atoms with E-state index in [1.54, 1.807) is 114 Å². The number of nitrogens with zero attached hydrogens (tertiary/aromatic N) is 7. The lowest BCUT2D eigenvalue weighted by Crippen LogP contribution is -2.48. The number of hydrogen-bond acceptors (Lipinski definition) is 15. The highest BCUT2D eigenvalue weighted by molar-refractivity contribution is 7.90. The summed E-state index contributed by atoms with van der Waals surface area (Å²) >= 11 is 0. The zero-order valence-corrected chi connectivity index (χ0v) is 43.6. The van der Waals surface area contributed by atoms with Gasteiger partial charge < -0.3 is 25.2 Å². The molecule has 74 heavy (non-hydrogen) atoms. The zero-order chi connectivity index (χ0) is 50.6. The number of aliphatic hydroxyl groups is 1. The molecule has 0 aliphatic carbocycles. The first kappa shape index (κ1) is 61.4. The Morgan fingerprint density at radius 1 is 0.595 bits per heavy atom. The normalized spacial score (nSPS) is 13.1. The molecule has 20 nitrogen and oxygen atoms in total. The van der Waals surface area contributed by atoms with Gasteiger partial charge >= 0.3 is 12.2 Å². The molecule has 398 valence electrons. The summed E-state index contributed by atoms with van der Waals surface area (Å²) in [6, 6.07) is 24.5. The van der Waals surface area contributed by atoms with E-state index in [1.807, 2.05) is 0 Å². The fraction of sp³-hybridized carbons (Fsp3) is 0.320. The van der Waals surface area contributed by atoms with Crippen LogP contribution in [-0.2, 0) is 42.4 Å². The largest absolute Gasteiger partial charge is 0.444 e. The standard InChI is InChI=1S/C28H27N5O6S.C20H24N4O5S.2CH4.2H2S/c1-28(2,3)39-27(36)31-20(17-32-25(34)22-11-7-8-12-23(22)26(32)35)14-19-13-18-15-30-33(24(18)16-29-19)40(37,38)21-9-5-4-6-10-21;1-20(2,3)29-19(26)23-16(13-25)10-15-9-14-11-22-24(18(14)12-21-15)30(27,28)17-7-5-4-6-8-17;;;;/h4-13,15-16,20H,14,17H2,1-3H3,(H,31,36);4-9,11-12,16,25H,10,13H2,1-3H3,(H,23,26);2*1H4;2*1H2.